The molecule has 0 saturated carbocycles. The molecular formula is C36H33F4N3O2. The van der Waals surface area contributed by atoms with Crippen molar-refractivity contribution in [2.75, 3.05) is 6.79 Å². The van der Waals surface area contributed by atoms with Crippen LogP contribution >= 0.6 is 0 Å². The Bertz CT molecular complexity index is 1750. The number of imidazole rings is 1. The van der Waals surface area contributed by atoms with E-state index in [1.54, 1.807) is 0 Å². The standard InChI is InChI=1S/C36H33F4N3O2/c1-2-3-18-43-31(34(26-10-6-4-7-11-26)41-35(43)27-12-8-5-9-13-27)23-42(21-25-14-17-32-33(19-25)45-24-44-32)22-28-15-16-29(20-30(28)37)36(38,39)40/h4-17,19-20H,2-3,18,21-24H2,1H3. The highest BCUT2D eigenvalue weighted by atomic mass is 19.4. The predicted octanol–water partition coefficient (Wildman–Crippen LogP) is 9.11. The topological polar surface area (TPSA) is 39.5 Å². The third-order valence-corrected chi connectivity index (χ3v) is 7.88. The molecule has 2 heterocycles. The number of hydrogen-bond donors (Lipinski definition) is 0. The molecule has 45 heavy (non-hydrogen) atoms. The van der Waals surface area contributed by atoms with Crippen LogP contribution in [0.25, 0.3) is 22.6 Å². The predicted molar refractivity (Wildman–Crippen MR) is 165 cm³/mol. The van der Waals surface area contributed by atoms with Gasteiger partial charge in [0.05, 0.1) is 17.0 Å². The molecule has 0 spiro atoms. The Morgan fingerprint density at radius 2 is 1.51 bits per heavy atom. The van der Waals surface area contributed by atoms with Gasteiger partial charge in [0.25, 0.3) is 0 Å². The quantitative estimate of drug-likeness (QED) is 0.139. The van der Waals surface area contributed by atoms with Gasteiger partial charge in [-0.05, 0) is 36.2 Å². The maximum Gasteiger partial charge on any atom is 0.416 e. The molecule has 5 nitrogen and oxygen atoms in total. The van der Waals surface area contributed by atoms with Crippen LogP contribution in [0.1, 0.15) is 42.1 Å². The van der Waals surface area contributed by atoms with Crippen LogP contribution in [0.3, 0.4) is 0 Å². The Kier molecular flexibility index (Phi) is 8.89. The monoisotopic (exact) mass is 615 g/mol. The summed E-state index contributed by atoms with van der Waals surface area (Å²) in [6.45, 7) is 3.82. The van der Waals surface area contributed by atoms with Crippen molar-refractivity contribution in [1.29, 1.82) is 0 Å². The molecule has 0 fully saturated rings. The number of aromatic nitrogens is 2. The van der Waals surface area contributed by atoms with Crippen LogP contribution in [-0.4, -0.2) is 21.2 Å². The number of hydrogen-bond acceptors (Lipinski definition) is 4. The van der Waals surface area contributed by atoms with Crippen molar-refractivity contribution in [3.05, 3.63) is 125 Å². The van der Waals surface area contributed by atoms with Crippen LogP contribution < -0.4 is 9.47 Å². The van der Waals surface area contributed by atoms with Gasteiger partial charge in [-0.25, -0.2) is 9.37 Å². The van der Waals surface area contributed by atoms with E-state index in [0.717, 1.165) is 59.4 Å². The summed E-state index contributed by atoms with van der Waals surface area (Å²) >= 11 is 0. The number of benzene rings is 4. The second-order valence-electron chi connectivity index (χ2n) is 11.1. The molecule has 232 valence electrons. The minimum Gasteiger partial charge on any atom is -0.454 e. The highest BCUT2D eigenvalue weighted by Crippen LogP contribution is 2.35. The fourth-order valence-corrected chi connectivity index (χ4v) is 5.61. The maximum absolute atomic E-state index is 15.2. The molecule has 1 aromatic heterocycles. The van der Waals surface area contributed by atoms with Crippen molar-refractivity contribution in [3.8, 4) is 34.1 Å². The summed E-state index contributed by atoms with van der Waals surface area (Å²) in [4.78, 5) is 7.21. The lowest BCUT2D eigenvalue weighted by molar-refractivity contribution is -0.137. The minimum atomic E-state index is -4.63. The zero-order valence-corrected chi connectivity index (χ0v) is 24.9. The van der Waals surface area contributed by atoms with Crippen molar-refractivity contribution in [3.63, 3.8) is 0 Å². The van der Waals surface area contributed by atoms with E-state index in [2.05, 4.69) is 11.5 Å². The normalized spacial score (nSPS) is 12.7. The molecule has 0 saturated heterocycles. The lowest BCUT2D eigenvalue weighted by Gasteiger charge is -2.25. The second kappa shape index (κ2) is 13.2. The first kappa shape index (κ1) is 30.4. The van der Waals surface area contributed by atoms with Gasteiger partial charge in [-0.1, -0.05) is 86.1 Å². The third-order valence-electron chi connectivity index (χ3n) is 7.88. The molecule has 0 amide bonds. The molecule has 0 bridgehead atoms. The van der Waals surface area contributed by atoms with E-state index in [4.69, 9.17) is 14.5 Å². The van der Waals surface area contributed by atoms with Crippen LogP contribution in [0.5, 0.6) is 11.5 Å². The highest BCUT2D eigenvalue weighted by Gasteiger charge is 2.31. The zero-order chi connectivity index (χ0) is 31.4. The summed E-state index contributed by atoms with van der Waals surface area (Å²) in [5, 5.41) is 0. The molecule has 0 N–H and O–H groups in total. The van der Waals surface area contributed by atoms with Crippen molar-refractivity contribution in [2.45, 2.75) is 52.1 Å². The van der Waals surface area contributed by atoms with Gasteiger partial charge < -0.3 is 14.0 Å². The molecule has 0 unspecified atom stereocenters. The largest absolute Gasteiger partial charge is 0.454 e. The first-order valence-electron chi connectivity index (χ1n) is 15.0. The van der Waals surface area contributed by atoms with E-state index in [9.17, 15) is 13.2 Å². The van der Waals surface area contributed by atoms with Gasteiger partial charge in [0.1, 0.15) is 11.6 Å². The molecular weight excluding hydrogens is 582 g/mol. The first-order valence-corrected chi connectivity index (χ1v) is 15.0. The molecule has 5 aromatic rings. The van der Waals surface area contributed by atoms with Gasteiger partial charge in [-0.2, -0.15) is 13.2 Å². The number of halogens is 4. The van der Waals surface area contributed by atoms with Crippen LogP contribution in [-0.2, 0) is 32.4 Å². The number of rotatable bonds is 11. The number of unbranched alkanes of at least 4 members (excludes halogenated alkanes) is 1. The molecule has 0 aliphatic carbocycles. The first-order chi connectivity index (χ1) is 21.8. The Morgan fingerprint density at radius 3 is 2.20 bits per heavy atom. The van der Waals surface area contributed by atoms with E-state index >= 15 is 4.39 Å². The smallest absolute Gasteiger partial charge is 0.416 e. The summed E-state index contributed by atoms with van der Waals surface area (Å²) in [6, 6.07) is 28.3. The van der Waals surface area contributed by atoms with Gasteiger partial charge in [-0.3, -0.25) is 4.90 Å². The van der Waals surface area contributed by atoms with Crippen molar-refractivity contribution in [2.24, 2.45) is 0 Å². The fraction of sp³-hybridized carbons (Fsp3) is 0.250. The van der Waals surface area contributed by atoms with Gasteiger partial charge in [0.2, 0.25) is 6.79 Å². The fourth-order valence-electron chi connectivity index (χ4n) is 5.61. The second-order valence-corrected chi connectivity index (χ2v) is 11.1. The molecule has 0 atom stereocenters. The average molecular weight is 616 g/mol. The van der Waals surface area contributed by atoms with Gasteiger partial charge in [-0.15, -0.1) is 0 Å². The maximum atomic E-state index is 15.2. The Balaban J connectivity index is 1.44. The van der Waals surface area contributed by atoms with E-state index < -0.39 is 17.6 Å². The van der Waals surface area contributed by atoms with E-state index in [0.29, 0.717) is 30.7 Å². The average Bonchev–Trinajstić information content (AvgIpc) is 3.65. The molecule has 0 radical (unpaired) electrons. The third kappa shape index (κ3) is 6.88. The highest BCUT2D eigenvalue weighted by molar-refractivity contribution is 5.68. The van der Waals surface area contributed by atoms with Gasteiger partial charge in [0, 0.05) is 42.9 Å². The van der Waals surface area contributed by atoms with Gasteiger partial charge in [0.15, 0.2) is 11.5 Å². The Morgan fingerprint density at radius 1 is 0.800 bits per heavy atom. The molecule has 4 aromatic carbocycles. The summed E-state index contributed by atoms with van der Waals surface area (Å²) in [6.07, 6.45) is -2.73. The van der Waals surface area contributed by atoms with Crippen molar-refractivity contribution in [1.82, 2.24) is 14.5 Å². The van der Waals surface area contributed by atoms with E-state index in [1.807, 2.05) is 83.8 Å². The van der Waals surface area contributed by atoms with Crippen LogP contribution in [0.2, 0.25) is 0 Å². The number of alkyl halides is 3. The molecule has 1 aliphatic heterocycles. The number of fused-ring (bicyclic) bond motifs is 1. The SMILES string of the molecule is CCCCn1c(-c2ccccc2)nc(-c2ccccc2)c1CN(Cc1ccc2c(c1)OCO2)Cc1ccc(C(F)(F)F)cc1F. The minimum absolute atomic E-state index is 0.0757. The molecule has 6 rings (SSSR count). The Hall–Kier alpha value is -4.63. The summed E-state index contributed by atoms with van der Waals surface area (Å²) in [5.41, 5.74) is 3.75. The lowest BCUT2D eigenvalue weighted by atomic mass is 10.1. The number of ether oxygens (including phenoxy) is 2. The lowest BCUT2D eigenvalue weighted by Crippen LogP contribution is -2.25. The van der Waals surface area contributed by atoms with Crippen LogP contribution in [0, 0.1) is 5.82 Å². The van der Waals surface area contributed by atoms with Crippen LogP contribution in [0.4, 0.5) is 17.6 Å². The molecule has 9 heteroatoms. The Labute approximate surface area is 259 Å². The van der Waals surface area contributed by atoms with E-state index in [-0.39, 0.29) is 18.9 Å². The summed E-state index contributed by atoms with van der Waals surface area (Å²) in [5.74, 6) is 1.21. The van der Waals surface area contributed by atoms with Crippen molar-refractivity contribution < 1.29 is 27.0 Å². The molecule has 1 aliphatic rings. The summed E-state index contributed by atoms with van der Waals surface area (Å²) < 4.78 is 68.5. The zero-order valence-electron chi connectivity index (χ0n) is 24.9. The number of nitrogens with zero attached hydrogens (tertiary/aromatic N) is 3. The van der Waals surface area contributed by atoms with Gasteiger partial charge >= 0.3 is 6.18 Å². The van der Waals surface area contributed by atoms with Crippen molar-refractivity contribution >= 4 is 0 Å². The summed E-state index contributed by atoms with van der Waals surface area (Å²) in [7, 11) is 0. The van der Waals surface area contributed by atoms with Crippen LogP contribution in [0.15, 0.2) is 97.1 Å². The van der Waals surface area contributed by atoms with E-state index in [1.165, 1.54) is 6.07 Å².